The Balaban J connectivity index is 2.46. The number of hydrogen-bond donors (Lipinski definition) is 3. The van der Waals surface area contributed by atoms with E-state index in [4.69, 9.17) is 5.73 Å². The van der Waals surface area contributed by atoms with E-state index >= 15 is 0 Å². The summed E-state index contributed by atoms with van der Waals surface area (Å²) in [7, 11) is 0. The molecule has 1 unspecified atom stereocenters. The van der Waals surface area contributed by atoms with Gasteiger partial charge in [-0.25, -0.2) is 4.39 Å². The standard InChI is InChI=1S/C15H15FN2O2/c1-15(14(17)20,10-5-4-6-11(19)9-10)18-13-8-3-2-7-12(13)16/h2-9,18-19H,1H3,(H2,17,20). The summed E-state index contributed by atoms with van der Waals surface area (Å²) in [6, 6.07) is 12.1. The van der Waals surface area contributed by atoms with Crippen molar-refractivity contribution in [3.63, 3.8) is 0 Å². The minimum Gasteiger partial charge on any atom is -0.508 e. The quantitative estimate of drug-likeness (QED) is 0.801. The number of hydrogen-bond acceptors (Lipinski definition) is 3. The van der Waals surface area contributed by atoms with Crippen LogP contribution in [0.3, 0.4) is 0 Å². The van der Waals surface area contributed by atoms with E-state index in [1.165, 1.54) is 31.2 Å². The van der Waals surface area contributed by atoms with Gasteiger partial charge in [-0.2, -0.15) is 0 Å². The van der Waals surface area contributed by atoms with Crippen molar-refractivity contribution in [2.24, 2.45) is 5.73 Å². The number of amides is 1. The molecule has 0 saturated carbocycles. The molecule has 0 spiro atoms. The van der Waals surface area contributed by atoms with Crippen LogP contribution in [0.2, 0.25) is 0 Å². The topological polar surface area (TPSA) is 75.3 Å². The molecule has 0 radical (unpaired) electrons. The lowest BCUT2D eigenvalue weighted by atomic mass is 9.90. The second kappa shape index (κ2) is 5.21. The summed E-state index contributed by atoms with van der Waals surface area (Å²) in [6.07, 6.45) is 0. The minimum atomic E-state index is -1.33. The number of rotatable bonds is 4. The highest BCUT2D eigenvalue weighted by molar-refractivity contribution is 5.89. The van der Waals surface area contributed by atoms with Crippen LogP contribution in [0.25, 0.3) is 0 Å². The van der Waals surface area contributed by atoms with Gasteiger partial charge in [0.25, 0.3) is 0 Å². The minimum absolute atomic E-state index is 0.00492. The van der Waals surface area contributed by atoms with Gasteiger partial charge in [0.2, 0.25) is 5.91 Å². The molecule has 4 N–H and O–H groups in total. The molecule has 2 aromatic carbocycles. The first-order chi connectivity index (χ1) is 9.43. The summed E-state index contributed by atoms with van der Waals surface area (Å²) < 4.78 is 13.7. The first-order valence-electron chi connectivity index (χ1n) is 6.05. The number of aromatic hydroxyl groups is 1. The number of anilines is 1. The Morgan fingerprint density at radius 1 is 1.25 bits per heavy atom. The molecule has 104 valence electrons. The number of phenols is 1. The lowest BCUT2D eigenvalue weighted by Crippen LogP contribution is -2.45. The van der Waals surface area contributed by atoms with Crippen molar-refractivity contribution in [2.75, 3.05) is 5.32 Å². The Morgan fingerprint density at radius 3 is 2.55 bits per heavy atom. The van der Waals surface area contributed by atoms with Crippen LogP contribution in [-0.2, 0) is 10.3 Å². The normalized spacial score (nSPS) is 13.5. The van der Waals surface area contributed by atoms with E-state index in [1.54, 1.807) is 24.3 Å². The predicted octanol–water partition coefficient (Wildman–Crippen LogP) is 2.34. The van der Waals surface area contributed by atoms with Crippen molar-refractivity contribution in [1.82, 2.24) is 0 Å². The zero-order chi connectivity index (χ0) is 14.8. The number of nitrogens with two attached hydrogens (primary N) is 1. The molecule has 0 saturated heterocycles. The van der Waals surface area contributed by atoms with E-state index in [0.29, 0.717) is 5.56 Å². The van der Waals surface area contributed by atoms with Gasteiger partial charge in [-0.15, -0.1) is 0 Å². The van der Waals surface area contributed by atoms with Crippen LogP contribution in [0.4, 0.5) is 10.1 Å². The van der Waals surface area contributed by atoms with Crippen LogP contribution >= 0.6 is 0 Å². The third-order valence-corrected chi connectivity index (χ3v) is 3.17. The summed E-state index contributed by atoms with van der Waals surface area (Å²) in [4.78, 5) is 11.8. The van der Waals surface area contributed by atoms with Crippen LogP contribution < -0.4 is 11.1 Å². The second-order valence-electron chi connectivity index (χ2n) is 4.64. The van der Waals surface area contributed by atoms with Crippen LogP contribution in [-0.4, -0.2) is 11.0 Å². The molecule has 5 heteroatoms. The van der Waals surface area contributed by atoms with Crippen molar-refractivity contribution in [2.45, 2.75) is 12.5 Å². The maximum absolute atomic E-state index is 13.7. The van der Waals surface area contributed by atoms with Gasteiger partial charge in [-0.3, -0.25) is 4.79 Å². The molecule has 0 bridgehead atoms. The smallest absolute Gasteiger partial charge is 0.247 e. The summed E-state index contributed by atoms with van der Waals surface area (Å²) in [5.41, 5.74) is 4.73. The summed E-state index contributed by atoms with van der Waals surface area (Å²) >= 11 is 0. The van der Waals surface area contributed by atoms with E-state index in [9.17, 15) is 14.3 Å². The molecule has 1 amide bonds. The first kappa shape index (κ1) is 13.9. The van der Waals surface area contributed by atoms with Crippen molar-refractivity contribution in [3.05, 3.63) is 59.9 Å². The van der Waals surface area contributed by atoms with Crippen molar-refractivity contribution in [1.29, 1.82) is 0 Å². The molecular weight excluding hydrogens is 259 g/mol. The Bertz CT molecular complexity index is 645. The molecular formula is C15H15FN2O2. The van der Waals surface area contributed by atoms with Crippen molar-refractivity contribution < 1.29 is 14.3 Å². The highest BCUT2D eigenvalue weighted by atomic mass is 19.1. The zero-order valence-corrected chi connectivity index (χ0v) is 10.9. The molecule has 1 atom stereocenters. The number of carbonyl (C=O) groups excluding carboxylic acids is 1. The van der Waals surface area contributed by atoms with Gasteiger partial charge in [0.15, 0.2) is 0 Å². The molecule has 4 nitrogen and oxygen atoms in total. The number of nitrogens with one attached hydrogen (secondary N) is 1. The van der Waals surface area contributed by atoms with Crippen molar-refractivity contribution >= 4 is 11.6 Å². The molecule has 0 aliphatic rings. The fraction of sp³-hybridized carbons (Fsp3) is 0.133. The average molecular weight is 274 g/mol. The lowest BCUT2D eigenvalue weighted by molar-refractivity contribution is -0.122. The Labute approximate surface area is 116 Å². The number of carbonyl (C=O) groups is 1. The highest BCUT2D eigenvalue weighted by Crippen LogP contribution is 2.29. The number of phenolic OH excluding ortho intramolecular Hbond substituents is 1. The lowest BCUT2D eigenvalue weighted by Gasteiger charge is -2.29. The van der Waals surface area contributed by atoms with Gasteiger partial charge >= 0.3 is 0 Å². The van der Waals surface area contributed by atoms with Gasteiger partial charge in [0, 0.05) is 0 Å². The fourth-order valence-corrected chi connectivity index (χ4v) is 1.92. The SMILES string of the molecule is CC(Nc1ccccc1F)(C(N)=O)c1cccc(O)c1. The summed E-state index contributed by atoms with van der Waals surface area (Å²) in [5, 5.41) is 12.3. The van der Waals surface area contributed by atoms with Gasteiger partial charge in [-0.1, -0.05) is 24.3 Å². The molecule has 20 heavy (non-hydrogen) atoms. The third-order valence-electron chi connectivity index (χ3n) is 3.17. The van der Waals surface area contributed by atoms with Gasteiger partial charge in [0.05, 0.1) is 5.69 Å². The number of primary amides is 1. The summed E-state index contributed by atoms with van der Waals surface area (Å²) in [5.74, 6) is -1.16. The van der Waals surface area contributed by atoms with Crippen LogP contribution in [0.5, 0.6) is 5.75 Å². The number of benzene rings is 2. The third kappa shape index (κ3) is 2.56. The first-order valence-corrected chi connectivity index (χ1v) is 6.05. The zero-order valence-electron chi connectivity index (χ0n) is 10.9. The average Bonchev–Trinajstić information content (AvgIpc) is 2.41. The molecule has 0 aliphatic carbocycles. The van der Waals surface area contributed by atoms with E-state index in [-0.39, 0.29) is 11.4 Å². The van der Waals surface area contributed by atoms with Gasteiger partial charge < -0.3 is 16.2 Å². The molecule has 0 heterocycles. The second-order valence-corrected chi connectivity index (χ2v) is 4.64. The molecule has 0 fully saturated rings. The van der Waals surface area contributed by atoms with Crippen LogP contribution in [0.15, 0.2) is 48.5 Å². The number of para-hydroxylation sites is 1. The van der Waals surface area contributed by atoms with E-state index in [2.05, 4.69) is 5.32 Å². The fourth-order valence-electron chi connectivity index (χ4n) is 1.92. The van der Waals surface area contributed by atoms with E-state index < -0.39 is 17.3 Å². The van der Waals surface area contributed by atoms with E-state index in [0.717, 1.165) is 0 Å². The largest absolute Gasteiger partial charge is 0.508 e. The Morgan fingerprint density at radius 2 is 1.95 bits per heavy atom. The maximum atomic E-state index is 13.7. The highest BCUT2D eigenvalue weighted by Gasteiger charge is 2.34. The molecule has 0 aromatic heterocycles. The Kier molecular flexibility index (Phi) is 3.61. The van der Waals surface area contributed by atoms with E-state index in [1.807, 2.05) is 0 Å². The molecule has 0 aliphatic heterocycles. The van der Waals surface area contributed by atoms with Gasteiger partial charge in [-0.05, 0) is 36.8 Å². The number of halogens is 1. The van der Waals surface area contributed by atoms with Crippen LogP contribution in [0, 0.1) is 5.82 Å². The monoisotopic (exact) mass is 274 g/mol. The van der Waals surface area contributed by atoms with Gasteiger partial charge in [0.1, 0.15) is 17.1 Å². The molecule has 2 aromatic rings. The molecule has 2 rings (SSSR count). The predicted molar refractivity (Wildman–Crippen MR) is 74.7 cm³/mol. The van der Waals surface area contributed by atoms with Crippen LogP contribution in [0.1, 0.15) is 12.5 Å². The Hall–Kier alpha value is -2.56. The van der Waals surface area contributed by atoms with Crippen molar-refractivity contribution in [3.8, 4) is 5.75 Å². The summed E-state index contributed by atoms with van der Waals surface area (Å²) in [6.45, 7) is 1.54. The maximum Gasteiger partial charge on any atom is 0.247 e.